The standard InChI is InChI=1S/C15H22O/c1-3-4-5-7-10-13(2)15(16)14-11-8-6-9-12-14/h6,8-9,11-12,15-16H,2-5,7,10H2,1H3. The Morgan fingerprint density at radius 3 is 2.50 bits per heavy atom. The Bertz CT molecular complexity index is 302. The molecule has 0 spiro atoms. The van der Waals surface area contributed by atoms with Gasteiger partial charge in [-0.1, -0.05) is 63.1 Å². The molecule has 1 N–H and O–H groups in total. The maximum Gasteiger partial charge on any atom is 0.0998 e. The lowest BCUT2D eigenvalue weighted by Gasteiger charge is -2.13. The second kappa shape index (κ2) is 7.24. The van der Waals surface area contributed by atoms with Gasteiger partial charge in [-0.3, -0.25) is 0 Å². The Balaban J connectivity index is 2.37. The molecule has 1 nitrogen and oxygen atoms in total. The summed E-state index contributed by atoms with van der Waals surface area (Å²) in [6.07, 6.45) is 5.31. The van der Waals surface area contributed by atoms with Gasteiger partial charge in [0.25, 0.3) is 0 Å². The molecule has 0 amide bonds. The number of benzene rings is 1. The molecule has 1 aromatic rings. The average Bonchev–Trinajstić information content (AvgIpc) is 2.34. The fourth-order valence-electron chi connectivity index (χ4n) is 1.79. The van der Waals surface area contributed by atoms with E-state index in [1.807, 2.05) is 30.3 Å². The third-order valence-electron chi connectivity index (χ3n) is 2.85. The normalized spacial score (nSPS) is 12.4. The first-order chi connectivity index (χ1) is 7.75. The fraction of sp³-hybridized carbons (Fsp3) is 0.467. The second-order valence-electron chi connectivity index (χ2n) is 4.28. The van der Waals surface area contributed by atoms with E-state index in [1.54, 1.807) is 0 Å². The minimum atomic E-state index is -0.497. The van der Waals surface area contributed by atoms with Gasteiger partial charge in [0.2, 0.25) is 0 Å². The Labute approximate surface area is 98.8 Å². The lowest BCUT2D eigenvalue weighted by molar-refractivity contribution is 0.211. The van der Waals surface area contributed by atoms with Gasteiger partial charge in [0, 0.05) is 0 Å². The molecule has 1 aromatic carbocycles. The molecular weight excluding hydrogens is 196 g/mol. The van der Waals surface area contributed by atoms with Crippen LogP contribution in [0, 0.1) is 0 Å². The van der Waals surface area contributed by atoms with Crippen molar-refractivity contribution in [3.8, 4) is 0 Å². The molecule has 0 heterocycles. The maximum atomic E-state index is 10.0. The highest BCUT2D eigenvalue weighted by molar-refractivity contribution is 5.24. The third kappa shape index (κ3) is 4.19. The Morgan fingerprint density at radius 1 is 1.19 bits per heavy atom. The monoisotopic (exact) mass is 218 g/mol. The van der Waals surface area contributed by atoms with Gasteiger partial charge in [0.05, 0.1) is 6.10 Å². The smallest absolute Gasteiger partial charge is 0.0998 e. The van der Waals surface area contributed by atoms with Crippen LogP contribution in [0.1, 0.15) is 50.7 Å². The minimum absolute atomic E-state index is 0.497. The predicted octanol–water partition coefficient (Wildman–Crippen LogP) is 4.25. The Kier molecular flexibility index (Phi) is 5.87. The summed E-state index contributed by atoms with van der Waals surface area (Å²) >= 11 is 0. The maximum absolute atomic E-state index is 10.0. The number of rotatable bonds is 7. The molecule has 0 aromatic heterocycles. The number of hydrogen-bond donors (Lipinski definition) is 1. The van der Waals surface area contributed by atoms with E-state index in [-0.39, 0.29) is 0 Å². The molecular formula is C15H22O. The number of aliphatic hydroxyl groups excluding tert-OH is 1. The first kappa shape index (κ1) is 13.0. The number of unbranched alkanes of at least 4 members (excludes halogenated alkanes) is 3. The Hall–Kier alpha value is -1.08. The number of aliphatic hydroxyl groups is 1. The summed E-state index contributed by atoms with van der Waals surface area (Å²) in [4.78, 5) is 0. The van der Waals surface area contributed by atoms with E-state index in [0.29, 0.717) is 0 Å². The van der Waals surface area contributed by atoms with Crippen LogP contribution >= 0.6 is 0 Å². The molecule has 0 bridgehead atoms. The van der Waals surface area contributed by atoms with E-state index in [0.717, 1.165) is 24.0 Å². The highest BCUT2D eigenvalue weighted by Crippen LogP contribution is 2.24. The molecule has 88 valence electrons. The first-order valence-electron chi connectivity index (χ1n) is 6.16. The van der Waals surface area contributed by atoms with Crippen molar-refractivity contribution in [3.05, 3.63) is 48.0 Å². The molecule has 0 radical (unpaired) electrons. The van der Waals surface area contributed by atoms with Crippen LogP contribution < -0.4 is 0 Å². The van der Waals surface area contributed by atoms with Crippen molar-refractivity contribution in [3.63, 3.8) is 0 Å². The topological polar surface area (TPSA) is 20.2 Å². The zero-order valence-electron chi connectivity index (χ0n) is 10.2. The van der Waals surface area contributed by atoms with Crippen LogP contribution in [0.15, 0.2) is 42.5 Å². The van der Waals surface area contributed by atoms with Crippen molar-refractivity contribution in [1.82, 2.24) is 0 Å². The van der Waals surface area contributed by atoms with Crippen molar-refractivity contribution >= 4 is 0 Å². The zero-order chi connectivity index (χ0) is 11.8. The summed E-state index contributed by atoms with van der Waals surface area (Å²) in [6, 6.07) is 9.75. The molecule has 0 saturated heterocycles. The van der Waals surface area contributed by atoms with Crippen molar-refractivity contribution in [2.75, 3.05) is 0 Å². The summed E-state index contributed by atoms with van der Waals surface area (Å²) < 4.78 is 0. The molecule has 16 heavy (non-hydrogen) atoms. The van der Waals surface area contributed by atoms with Crippen LogP contribution in [0.25, 0.3) is 0 Å². The van der Waals surface area contributed by atoms with Gasteiger partial charge in [-0.15, -0.1) is 0 Å². The van der Waals surface area contributed by atoms with Crippen molar-refractivity contribution in [1.29, 1.82) is 0 Å². The third-order valence-corrected chi connectivity index (χ3v) is 2.85. The summed E-state index contributed by atoms with van der Waals surface area (Å²) in [7, 11) is 0. The van der Waals surface area contributed by atoms with E-state index >= 15 is 0 Å². The molecule has 1 atom stereocenters. The van der Waals surface area contributed by atoms with Crippen molar-refractivity contribution < 1.29 is 5.11 Å². The first-order valence-corrected chi connectivity index (χ1v) is 6.16. The van der Waals surface area contributed by atoms with Crippen LogP contribution in [0.3, 0.4) is 0 Å². The van der Waals surface area contributed by atoms with Crippen LogP contribution in [0.4, 0.5) is 0 Å². The average molecular weight is 218 g/mol. The quantitative estimate of drug-likeness (QED) is 0.536. The van der Waals surface area contributed by atoms with Crippen molar-refractivity contribution in [2.24, 2.45) is 0 Å². The SMILES string of the molecule is C=C(CCCCCC)C(O)c1ccccc1. The van der Waals surface area contributed by atoms with Gasteiger partial charge in [0.15, 0.2) is 0 Å². The summed E-state index contributed by atoms with van der Waals surface area (Å²) in [5.41, 5.74) is 1.88. The lowest BCUT2D eigenvalue weighted by Crippen LogP contribution is -2.00. The molecule has 1 heteroatoms. The van der Waals surface area contributed by atoms with Gasteiger partial charge in [0.1, 0.15) is 0 Å². The minimum Gasteiger partial charge on any atom is -0.384 e. The molecule has 0 aliphatic carbocycles. The van der Waals surface area contributed by atoms with E-state index in [9.17, 15) is 5.11 Å². The predicted molar refractivity (Wildman–Crippen MR) is 69.3 cm³/mol. The van der Waals surface area contributed by atoms with Gasteiger partial charge < -0.3 is 5.11 Å². The molecule has 1 unspecified atom stereocenters. The zero-order valence-corrected chi connectivity index (χ0v) is 10.2. The van der Waals surface area contributed by atoms with E-state index in [4.69, 9.17) is 0 Å². The number of hydrogen-bond acceptors (Lipinski definition) is 1. The summed E-state index contributed by atoms with van der Waals surface area (Å²) in [6.45, 7) is 6.18. The van der Waals surface area contributed by atoms with Gasteiger partial charge in [-0.2, -0.15) is 0 Å². The lowest BCUT2D eigenvalue weighted by atomic mass is 9.98. The molecule has 1 rings (SSSR count). The van der Waals surface area contributed by atoms with Crippen LogP contribution in [-0.4, -0.2) is 5.11 Å². The molecule has 0 aliphatic rings. The summed E-state index contributed by atoms with van der Waals surface area (Å²) in [5.74, 6) is 0. The summed E-state index contributed by atoms with van der Waals surface area (Å²) in [5, 5.41) is 10.0. The van der Waals surface area contributed by atoms with Crippen LogP contribution in [-0.2, 0) is 0 Å². The van der Waals surface area contributed by atoms with Crippen molar-refractivity contribution in [2.45, 2.75) is 45.1 Å². The van der Waals surface area contributed by atoms with E-state index in [1.165, 1.54) is 19.3 Å². The van der Waals surface area contributed by atoms with Gasteiger partial charge in [-0.25, -0.2) is 0 Å². The highest BCUT2D eigenvalue weighted by atomic mass is 16.3. The fourth-order valence-corrected chi connectivity index (χ4v) is 1.79. The molecule has 0 saturated carbocycles. The van der Waals surface area contributed by atoms with E-state index < -0.39 is 6.10 Å². The largest absolute Gasteiger partial charge is 0.384 e. The van der Waals surface area contributed by atoms with Crippen LogP contribution in [0.2, 0.25) is 0 Å². The van der Waals surface area contributed by atoms with Gasteiger partial charge in [-0.05, 0) is 24.0 Å². The highest BCUT2D eigenvalue weighted by Gasteiger charge is 2.10. The Morgan fingerprint density at radius 2 is 1.88 bits per heavy atom. The van der Waals surface area contributed by atoms with E-state index in [2.05, 4.69) is 13.5 Å². The molecule has 0 fully saturated rings. The molecule has 0 aliphatic heterocycles. The van der Waals surface area contributed by atoms with Gasteiger partial charge >= 0.3 is 0 Å². The van der Waals surface area contributed by atoms with Crippen LogP contribution in [0.5, 0.6) is 0 Å². The second-order valence-corrected chi connectivity index (χ2v) is 4.28.